The van der Waals surface area contributed by atoms with Gasteiger partial charge in [0.1, 0.15) is 11.9 Å². The van der Waals surface area contributed by atoms with Crippen LogP contribution >= 0.6 is 0 Å². The van der Waals surface area contributed by atoms with Crippen molar-refractivity contribution in [3.05, 3.63) is 29.3 Å². The van der Waals surface area contributed by atoms with Crippen LogP contribution in [0.1, 0.15) is 62.6 Å². The molecular formula is C20H29N5O5. The first-order chi connectivity index (χ1) is 14.2. The molecular weight excluding hydrogens is 390 g/mol. The van der Waals surface area contributed by atoms with Crippen molar-refractivity contribution in [1.29, 1.82) is 0 Å². The SMILES string of the molecule is Cc1cc(CC(=O)Nc2cc([C@H]3CC[C@@H](OC(=O)NCCC(C)(C)O)C3)[nH]n2)on1. The number of aromatic amines is 1. The third-order valence-electron chi connectivity index (χ3n) is 4.98. The second kappa shape index (κ2) is 9.29. The Morgan fingerprint density at radius 2 is 2.17 bits per heavy atom. The van der Waals surface area contributed by atoms with E-state index in [1.165, 1.54) is 0 Å². The molecule has 1 aliphatic rings. The highest BCUT2D eigenvalue weighted by Crippen LogP contribution is 2.35. The summed E-state index contributed by atoms with van der Waals surface area (Å²) in [5, 5.41) is 25.9. The second-order valence-corrected chi connectivity index (χ2v) is 8.39. The van der Waals surface area contributed by atoms with Gasteiger partial charge in [-0.3, -0.25) is 9.89 Å². The Hall–Kier alpha value is -2.88. The third-order valence-corrected chi connectivity index (χ3v) is 4.98. The summed E-state index contributed by atoms with van der Waals surface area (Å²) in [5.74, 6) is 0.881. The van der Waals surface area contributed by atoms with Crippen LogP contribution in [-0.2, 0) is 16.0 Å². The number of carbonyl (C=O) groups excluding carboxylic acids is 2. The van der Waals surface area contributed by atoms with Gasteiger partial charge in [0, 0.05) is 30.3 Å². The maximum Gasteiger partial charge on any atom is 0.407 e. The minimum atomic E-state index is -0.826. The largest absolute Gasteiger partial charge is 0.446 e. The molecule has 0 saturated heterocycles. The van der Waals surface area contributed by atoms with E-state index < -0.39 is 11.7 Å². The third kappa shape index (κ3) is 6.58. The zero-order valence-electron chi connectivity index (χ0n) is 17.5. The van der Waals surface area contributed by atoms with E-state index in [1.807, 2.05) is 0 Å². The molecule has 2 heterocycles. The van der Waals surface area contributed by atoms with Crippen molar-refractivity contribution in [2.45, 2.75) is 70.5 Å². The van der Waals surface area contributed by atoms with Crippen LogP contribution in [0.5, 0.6) is 0 Å². The number of nitrogens with zero attached hydrogens (tertiary/aromatic N) is 2. The van der Waals surface area contributed by atoms with Crippen molar-refractivity contribution < 1.29 is 24.0 Å². The standard InChI is InChI=1S/C20H29N5O5/c1-12-8-15(30-25-12)10-18(26)22-17-11-16(23-24-17)13-4-5-14(9-13)29-19(27)21-7-6-20(2,3)28/h8,11,13-14,28H,4-7,9-10H2,1-3H3,(H,21,27)(H2,22,23,24,26)/t13-,14+/m0/s1. The summed E-state index contributed by atoms with van der Waals surface area (Å²) < 4.78 is 10.5. The summed E-state index contributed by atoms with van der Waals surface area (Å²) in [7, 11) is 0. The minimum Gasteiger partial charge on any atom is -0.446 e. The van der Waals surface area contributed by atoms with Crippen LogP contribution in [0.4, 0.5) is 10.6 Å². The fraction of sp³-hybridized carbons (Fsp3) is 0.600. The van der Waals surface area contributed by atoms with Crippen molar-refractivity contribution in [2.75, 3.05) is 11.9 Å². The Kier molecular flexibility index (Phi) is 6.76. The smallest absolute Gasteiger partial charge is 0.407 e. The van der Waals surface area contributed by atoms with Crippen LogP contribution in [0, 0.1) is 6.92 Å². The molecule has 10 nitrogen and oxygen atoms in total. The molecule has 3 rings (SSSR count). The maximum atomic E-state index is 12.1. The van der Waals surface area contributed by atoms with Gasteiger partial charge in [0.15, 0.2) is 5.82 Å². The van der Waals surface area contributed by atoms with Gasteiger partial charge in [-0.15, -0.1) is 0 Å². The number of aromatic nitrogens is 3. The molecule has 164 valence electrons. The minimum absolute atomic E-state index is 0.0882. The number of anilines is 1. The zero-order valence-corrected chi connectivity index (χ0v) is 17.5. The van der Waals surface area contributed by atoms with Gasteiger partial charge in [-0.2, -0.15) is 5.10 Å². The molecule has 0 radical (unpaired) electrons. The number of ether oxygens (including phenoxy) is 1. The van der Waals surface area contributed by atoms with Gasteiger partial charge in [0.05, 0.1) is 17.7 Å². The first kappa shape index (κ1) is 21.8. The molecule has 1 saturated carbocycles. The second-order valence-electron chi connectivity index (χ2n) is 8.39. The van der Waals surface area contributed by atoms with E-state index in [9.17, 15) is 14.7 Å². The Morgan fingerprint density at radius 3 is 2.87 bits per heavy atom. The van der Waals surface area contributed by atoms with Gasteiger partial charge in [0.25, 0.3) is 0 Å². The van der Waals surface area contributed by atoms with Gasteiger partial charge < -0.3 is 25.0 Å². The van der Waals surface area contributed by atoms with Crippen molar-refractivity contribution in [2.24, 2.45) is 0 Å². The normalized spacial score (nSPS) is 18.9. The van der Waals surface area contributed by atoms with E-state index in [1.54, 1.807) is 32.9 Å². The molecule has 2 amide bonds. The van der Waals surface area contributed by atoms with Gasteiger partial charge in [0.2, 0.25) is 5.91 Å². The quantitative estimate of drug-likeness (QED) is 0.514. The summed E-state index contributed by atoms with van der Waals surface area (Å²) in [6, 6.07) is 3.52. The summed E-state index contributed by atoms with van der Waals surface area (Å²) in [4.78, 5) is 24.0. The van der Waals surface area contributed by atoms with Crippen LogP contribution in [0.15, 0.2) is 16.7 Å². The van der Waals surface area contributed by atoms with Gasteiger partial charge in [-0.05, 0) is 46.5 Å². The zero-order chi connectivity index (χ0) is 21.7. The first-order valence-corrected chi connectivity index (χ1v) is 10.1. The number of rotatable bonds is 8. The van der Waals surface area contributed by atoms with E-state index >= 15 is 0 Å². The van der Waals surface area contributed by atoms with E-state index in [0.29, 0.717) is 31.0 Å². The van der Waals surface area contributed by atoms with Crippen LogP contribution in [-0.4, -0.2) is 50.7 Å². The summed E-state index contributed by atoms with van der Waals surface area (Å²) in [6.07, 6.45) is 2.20. The summed E-state index contributed by atoms with van der Waals surface area (Å²) in [6.45, 7) is 5.54. The maximum absolute atomic E-state index is 12.1. The average molecular weight is 419 g/mol. The Bertz CT molecular complexity index is 869. The molecule has 2 aromatic rings. The summed E-state index contributed by atoms with van der Waals surface area (Å²) >= 11 is 0. The topological polar surface area (TPSA) is 142 Å². The molecule has 0 bridgehead atoms. The number of amides is 2. The number of hydrogen-bond acceptors (Lipinski definition) is 7. The highest BCUT2D eigenvalue weighted by molar-refractivity contribution is 5.91. The Morgan fingerprint density at radius 1 is 1.37 bits per heavy atom. The van der Waals surface area contributed by atoms with Crippen LogP contribution in [0.25, 0.3) is 0 Å². The van der Waals surface area contributed by atoms with Crippen molar-refractivity contribution in [3.63, 3.8) is 0 Å². The molecule has 0 unspecified atom stereocenters. The molecule has 2 atom stereocenters. The van der Waals surface area contributed by atoms with Gasteiger partial charge in [-0.1, -0.05) is 5.16 Å². The fourth-order valence-electron chi connectivity index (χ4n) is 3.45. The average Bonchev–Trinajstić information content (AvgIpc) is 3.35. The van der Waals surface area contributed by atoms with Gasteiger partial charge >= 0.3 is 6.09 Å². The lowest BCUT2D eigenvalue weighted by molar-refractivity contribution is -0.115. The highest BCUT2D eigenvalue weighted by atomic mass is 16.6. The van der Waals surface area contributed by atoms with Crippen molar-refractivity contribution in [3.8, 4) is 0 Å². The number of carbonyl (C=O) groups is 2. The molecule has 0 spiro atoms. The van der Waals surface area contributed by atoms with Crippen LogP contribution in [0.3, 0.4) is 0 Å². The predicted molar refractivity (Wildman–Crippen MR) is 108 cm³/mol. The molecule has 0 aromatic carbocycles. The van der Waals surface area contributed by atoms with E-state index in [-0.39, 0.29) is 24.3 Å². The first-order valence-electron chi connectivity index (χ1n) is 10.1. The predicted octanol–water partition coefficient (Wildman–Crippen LogP) is 2.41. The number of aryl methyl sites for hydroxylation is 1. The number of nitrogens with one attached hydrogen (secondary N) is 3. The monoisotopic (exact) mass is 419 g/mol. The molecule has 1 fully saturated rings. The Labute approximate surface area is 174 Å². The van der Waals surface area contributed by atoms with Crippen LogP contribution < -0.4 is 10.6 Å². The molecule has 10 heteroatoms. The van der Waals surface area contributed by atoms with Crippen molar-refractivity contribution in [1.82, 2.24) is 20.7 Å². The van der Waals surface area contributed by atoms with E-state index in [2.05, 4.69) is 26.0 Å². The number of alkyl carbamates (subject to hydrolysis) is 1. The highest BCUT2D eigenvalue weighted by Gasteiger charge is 2.30. The molecule has 0 aliphatic heterocycles. The number of hydrogen-bond donors (Lipinski definition) is 4. The lowest BCUT2D eigenvalue weighted by atomic mass is 10.0. The number of H-pyrrole nitrogens is 1. The summed E-state index contributed by atoms with van der Waals surface area (Å²) in [5.41, 5.74) is 0.797. The van der Waals surface area contributed by atoms with Crippen LogP contribution in [0.2, 0.25) is 0 Å². The molecule has 1 aliphatic carbocycles. The number of aliphatic hydroxyl groups is 1. The Balaban J connectivity index is 1.42. The lowest BCUT2D eigenvalue weighted by Gasteiger charge is -2.18. The van der Waals surface area contributed by atoms with E-state index in [0.717, 1.165) is 24.2 Å². The molecule has 30 heavy (non-hydrogen) atoms. The van der Waals surface area contributed by atoms with Gasteiger partial charge in [-0.25, -0.2) is 4.79 Å². The van der Waals surface area contributed by atoms with E-state index in [4.69, 9.17) is 9.26 Å². The van der Waals surface area contributed by atoms with Crippen molar-refractivity contribution >= 4 is 17.8 Å². The lowest BCUT2D eigenvalue weighted by Crippen LogP contribution is -2.32. The molecule has 2 aromatic heterocycles. The fourth-order valence-corrected chi connectivity index (χ4v) is 3.45. The molecule has 4 N–H and O–H groups in total.